The first-order chi connectivity index (χ1) is 10.0. The van der Waals surface area contributed by atoms with Crippen molar-refractivity contribution >= 4 is 57.4 Å². The molecule has 0 bridgehead atoms. The number of anilines is 1. The highest BCUT2D eigenvalue weighted by Gasteiger charge is 2.16. The molecule has 6 heteroatoms. The van der Waals surface area contributed by atoms with Gasteiger partial charge in [-0.05, 0) is 24.3 Å². The molecule has 0 aliphatic heterocycles. The van der Waals surface area contributed by atoms with E-state index >= 15 is 0 Å². The van der Waals surface area contributed by atoms with Crippen molar-refractivity contribution in [3.8, 4) is 0 Å². The summed E-state index contributed by atoms with van der Waals surface area (Å²) in [5, 5.41) is 4.39. The van der Waals surface area contributed by atoms with E-state index in [1.165, 1.54) is 12.1 Å². The Morgan fingerprint density at radius 3 is 2.33 bits per heavy atom. The Morgan fingerprint density at radius 2 is 1.67 bits per heavy atom. The van der Waals surface area contributed by atoms with E-state index in [0.717, 1.165) is 5.39 Å². The summed E-state index contributed by atoms with van der Waals surface area (Å²) in [5.74, 6) is -0.254. The van der Waals surface area contributed by atoms with Crippen LogP contribution in [-0.4, -0.2) is 5.91 Å². The largest absolute Gasteiger partial charge is 0.451 e. The fourth-order valence-corrected chi connectivity index (χ4v) is 2.84. The van der Waals surface area contributed by atoms with Gasteiger partial charge in [-0.3, -0.25) is 4.79 Å². The quantitative estimate of drug-likeness (QED) is 0.655. The number of benzene rings is 2. The normalized spacial score (nSPS) is 10.8. The Labute approximate surface area is 135 Å². The van der Waals surface area contributed by atoms with E-state index in [-0.39, 0.29) is 15.8 Å². The van der Waals surface area contributed by atoms with E-state index in [2.05, 4.69) is 5.32 Å². The predicted molar refractivity (Wildman–Crippen MR) is 85.6 cm³/mol. The molecule has 0 aliphatic rings. The third-order valence-electron chi connectivity index (χ3n) is 2.89. The Morgan fingerprint density at radius 1 is 1.00 bits per heavy atom. The second-order valence-corrected chi connectivity index (χ2v) is 5.60. The van der Waals surface area contributed by atoms with Crippen molar-refractivity contribution < 1.29 is 9.21 Å². The average molecular weight is 341 g/mol. The van der Waals surface area contributed by atoms with E-state index in [1.54, 1.807) is 12.1 Å². The van der Waals surface area contributed by atoms with E-state index in [9.17, 15) is 4.79 Å². The predicted octanol–water partition coefficient (Wildman–Crippen LogP) is 5.65. The zero-order valence-corrected chi connectivity index (χ0v) is 12.8. The third-order valence-corrected chi connectivity index (χ3v) is 3.71. The summed E-state index contributed by atoms with van der Waals surface area (Å²) in [6.07, 6.45) is 0. The van der Waals surface area contributed by atoms with Gasteiger partial charge in [0.25, 0.3) is 5.91 Å². The van der Waals surface area contributed by atoms with Crippen LogP contribution < -0.4 is 5.32 Å². The Balaban J connectivity index is 1.93. The van der Waals surface area contributed by atoms with E-state index < -0.39 is 5.91 Å². The van der Waals surface area contributed by atoms with E-state index in [0.29, 0.717) is 16.3 Å². The van der Waals surface area contributed by atoms with Crippen molar-refractivity contribution in [1.82, 2.24) is 0 Å². The minimum atomic E-state index is -0.433. The monoisotopic (exact) mass is 339 g/mol. The van der Waals surface area contributed by atoms with Gasteiger partial charge >= 0.3 is 0 Å². The molecule has 2 aromatic carbocycles. The van der Waals surface area contributed by atoms with Crippen LogP contribution in [-0.2, 0) is 0 Å². The number of rotatable bonds is 2. The lowest BCUT2D eigenvalue weighted by atomic mass is 10.2. The Bertz CT molecular complexity index is 786. The molecule has 0 saturated heterocycles. The first kappa shape index (κ1) is 14.3. The fraction of sp³-hybridized carbons (Fsp3) is 0. The second-order valence-electron chi connectivity index (χ2n) is 4.35. The minimum absolute atomic E-state index is 0.179. The number of carbonyl (C=O) groups excluding carboxylic acids is 1. The summed E-state index contributed by atoms with van der Waals surface area (Å²) in [7, 11) is 0. The number of hydrogen-bond donors (Lipinski definition) is 1. The summed E-state index contributed by atoms with van der Waals surface area (Å²) in [6.45, 7) is 0. The summed E-state index contributed by atoms with van der Waals surface area (Å²) in [4.78, 5) is 12.2. The lowest BCUT2D eigenvalue weighted by molar-refractivity contribution is 0.0998. The van der Waals surface area contributed by atoms with Crippen LogP contribution in [0.3, 0.4) is 0 Å². The van der Waals surface area contributed by atoms with Gasteiger partial charge in [-0.1, -0.05) is 53.0 Å². The van der Waals surface area contributed by atoms with Crippen LogP contribution in [0.2, 0.25) is 15.1 Å². The average Bonchev–Trinajstić information content (AvgIpc) is 2.86. The molecule has 0 saturated carbocycles. The van der Waals surface area contributed by atoms with Crippen molar-refractivity contribution in [3.63, 3.8) is 0 Å². The highest BCUT2D eigenvalue weighted by Crippen LogP contribution is 2.34. The molecular weight excluding hydrogens is 333 g/mol. The molecule has 3 nitrogen and oxygen atoms in total. The number of halogens is 3. The van der Waals surface area contributed by atoms with Gasteiger partial charge in [0, 0.05) is 10.4 Å². The molecule has 21 heavy (non-hydrogen) atoms. The summed E-state index contributed by atoms with van der Waals surface area (Å²) in [5.41, 5.74) is 0.934. The maximum Gasteiger partial charge on any atom is 0.291 e. The number of nitrogens with one attached hydrogen (secondary N) is 1. The van der Waals surface area contributed by atoms with Crippen molar-refractivity contribution in [2.75, 3.05) is 5.32 Å². The van der Waals surface area contributed by atoms with Crippen LogP contribution in [0.5, 0.6) is 0 Å². The number of hydrogen-bond acceptors (Lipinski definition) is 2. The van der Waals surface area contributed by atoms with Crippen molar-refractivity contribution in [2.24, 2.45) is 0 Å². The zero-order valence-electron chi connectivity index (χ0n) is 10.5. The highest BCUT2D eigenvalue weighted by atomic mass is 35.5. The molecule has 0 radical (unpaired) electrons. The van der Waals surface area contributed by atoms with Gasteiger partial charge in [-0.25, -0.2) is 0 Å². The van der Waals surface area contributed by atoms with E-state index in [1.807, 2.05) is 18.2 Å². The third kappa shape index (κ3) is 2.86. The number of para-hydroxylation sites is 1. The highest BCUT2D eigenvalue weighted by molar-refractivity contribution is 6.42. The van der Waals surface area contributed by atoms with Crippen molar-refractivity contribution in [1.29, 1.82) is 0 Å². The molecule has 1 aromatic heterocycles. The van der Waals surface area contributed by atoms with Gasteiger partial charge < -0.3 is 9.73 Å². The number of amides is 1. The molecule has 0 aliphatic carbocycles. The van der Waals surface area contributed by atoms with Crippen LogP contribution in [0.1, 0.15) is 10.6 Å². The van der Waals surface area contributed by atoms with Crippen LogP contribution in [0.15, 0.2) is 46.9 Å². The van der Waals surface area contributed by atoms with Crippen LogP contribution in [0.25, 0.3) is 11.0 Å². The Hall–Kier alpha value is -1.68. The number of carbonyl (C=O) groups is 1. The molecule has 1 heterocycles. The summed E-state index contributed by atoms with van der Waals surface area (Å²) in [6, 6.07) is 12.0. The number of fused-ring (bicyclic) bond motifs is 1. The first-order valence-corrected chi connectivity index (χ1v) is 7.12. The molecule has 3 rings (SSSR count). The maximum absolute atomic E-state index is 12.2. The lowest BCUT2D eigenvalue weighted by Crippen LogP contribution is -2.11. The molecule has 106 valence electrons. The molecule has 0 fully saturated rings. The van der Waals surface area contributed by atoms with Crippen LogP contribution >= 0.6 is 34.8 Å². The molecule has 3 aromatic rings. The van der Waals surface area contributed by atoms with Gasteiger partial charge in [0.1, 0.15) is 5.58 Å². The topological polar surface area (TPSA) is 42.2 Å². The van der Waals surface area contributed by atoms with Crippen molar-refractivity contribution in [2.45, 2.75) is 0 Å². The molecule has 0 unspecified atom stereocenters. The molecule has 1 amide bonds. The van der Waals surface area contributed by atoms with Gasteiger partial charge in [0.15, 0.2) is 5.76 Å². The molecule has 0 spiro atoms. The maximum atomic E-state index is 12.2. The number of furan rings is 1. The van der Waals surface area contributed by atoms with Gasteiger partial charge in [0.05, 0.1) is 15.7 Å². The standard InChI is InChI=1S/C15H8Cl3NO2/c16-9-6-10(17)14(11(18)7-9)19-15(20)13-5-8-3-1-2-4-12(8)21-13/h1-7H,(H,19,20). The lowest BCUT2D eigenvalue weighted by Gasteiger charge is -2.08. The summed E-state index contributed by atoms with van der Waals surface area (Å²) < 4.78 is 5.48. The molecule has 0 atom stereocenters. The fourth-order valence-electron chi connectivity index (χ4n) is 1.93. The SMILES string of the molecule is O=C(Nc1c(Cl)cc(Cl)cc1Cl)c1cc2ccccc2o1. The zero-order chi connectivity index (χ0) is 15.0. The van der Waals surface area contributed by atoms with Crippen LogP contribution in [0, 0.1) is 0 Å². The molecule has 1 N–H and O–H groups in total. The smallest absolute Gasteiger partial charge is 0.291 e. The van der Waals surface area contributed by atoms with Crippen LogP contribution in [0.4, 0.5) is 5.69 Å². The van der Waals surface area contributed by atoms with Gasteiger partial charge in [0.2, 0.25) is 0 Å². The van der Waals surface area contributed by atoms with Gasteiger partial charge in [-0.2, -0.15) is 0 Å². The second kappa shape index (κ2) is 5.60. The Kier molecular flexibility index (Phi) is 3.81. The van der Waals surface area contributed by atoms with E-state index in [4.69, 9.17) is 39.2 Å². The van der Waals surface area contributed by atoms with Crippen molar-refractivity contribution in [3.05, 3.63) is 63.3 Å². The van der Waals surface area contributed by atoms with Gasteiger partial charge in [-0.15, -0.1) is 0 Å². The summed E-state index contributed by atoms with van der Waals surface area (Å²) >= 11 is 17.9. The minimum Gasteiger partial charge on any atom is -0.451 e. The first-order valence-electron chi connectivity index (χ1n) is 5.99. The molecular formula is C15H8Cl3NO2.